The van der Waals surface area contributed by atoms with Crippen molar-refractivity contribution >= 4 is 5.82 Å². The third-order valence-corrected chi connectivity index (χ3v) is 3.81. The number of hydrogen-bond donors (Lipinski definition) is 1. The van der Waals surface area contributed by atoms with Gasteiger partial charge in [0.15, 0.2) is 0 Å². The van der Waals surface area contributed by atoms with Gasteiger partial charge in [0.1, 0.15) is 5.82 Å². The second-order valence-corrected chi connectivity index (χ2v) is 5.52. The van der Waals surface area contributed by atoms with Gasteiger partial charge in [-0.1, -0.05) is 0 Å². The predicted octanol–water partition coefficient (Wildman–Crippen LogP) is 0.974. The molecule has 19 heavy (non-hydrogen) atoms. The average Bonchev–Trinajstić information content (AvgIpc) is 2.42. The molecule has 0 spiro atoms. The lowest BCUT2D eigenvalue weighted by Crippen LogP contribution is -2.36. The topological polar surface area (TPSA) is 44.3 Å². The lowest BCUT2D eigenvalue weighted by atomic mass is 9.97. The van der Waals surface area contributed by atoms with Gasteiger partial charge in [-0.3, -0.25) is 4.98 Å². The van der Waals surface area contributed by atoms with E-state index >= 15 is 0 Å². The molecule has 0 unspecified atom stereocenters. The van der Waals surface area contributed by atoms with Gasteiger partial charge < -0.3 is 15.1 Å². The lowest BCUT2D eigenvalue weighted by molar-refractivity contribution is 0.222. The molecule has 5 nitrogen and oxygen atoms in total. The summed E-state index contributed by atoms with van der Waals surface area (Å²) in [5.41, 5.74) is 0.985. The zero-order chi connectivity index (χ0) is 13.7. The molecular formula is C14H25N5. The first-order valence-electron chi connectivity index (χ1n) is 7.04. The third kappa shape index (κ3) is 4.14. The van der Waals surface area contributed by atoms with E-state index in [9.17, 15) is 0 Å². The molecule has 1 aliphatic rings. The van der Waals surface area contributed by atoms with Crippen LogP contribution >= 0.6 is 0 Å². The van der Waals surface area contributed by atoms with E-state index in [0.29, 0.717) is 0 Å². The average molecular weight is 263 g/mol. The molecule has 1 saturated heterocycles. The molecule has 0 radical (unpaired) electrons. The summed E-state index contributed by atoms with van der Waals surface area (Å²) in [5, 5.41) is 3.08. The number of likely N-dealkylation sites (tertiary alicyclic amines) is 1. The summed E-state index contributed by atoms with van der Waals surface area (Å²) in [4.78, 5) is 13.5. The molecule has 1 fully saturated rings. The molecule has 0 aliphatic carbocycles. The van der Waals surface area contributed by atoms with Crippen molar-refractivity contribution in [1.82, 2.24) is 20.2 Å². The van der Waals surface area contributed by atoms with Crippen LogP contribution in [0.4, 0.5) is 5.82 Å². The Morgan fingerprint density at radius 2 is 2.05 bits per heavy atom. The first kappa shape index (κ1) is 14.2. The Morgan fingerprint density at radius 1 is 1.32 bits per heavy atom. The van der Waals surface area contributed by atoms with Crippen molar-refractivity contribution in [2.45, 2.75) is 19.4 Å². The van der Waals surface area contributed by atoms with Crippen LogP contribution in [0, 0.1) is 5.92 Å². The van der Waals surface area contributed by atoms with Crippen LogP contribution in [0.15, 0.2) is 12.4 Å². The normalized spacial score (nSPS) is 17.6. The monoisotopic (exact) mass is 263 g/mol. The van der Waals surface area contributed by atoms with Crippen LogP contribution in [-0.4, -0.2) is 55.6 Å². The van der Waals surface area contributed by atoms with Crippen molar-refractivity contribution in [1.29, 1.82) is 0 Å². The van der Waals surface area contributed by atoms with Crippen LogP contribution in [0.1, 0.15) is 18.5 Å². The number of anilines is 1. The van der Waals surface area contributed by atoms with E-state index in [0.717, 1.165) is 30.5 Å². The maximum absolute atomic E-state index is 4.49. The highest BCUT2D eigenvalue weighted by Crippen LogP contribution is 2.19. The van der Waals surface area contributed by atoms with Gasteiger partial charge in [-0.05, 0) is 45.9 Å². The van der Waals surface area contributed by atoms with Crippen LogP contribution in [-0.2, 0) is 6.54 Å². The van der Waals surface area contributed by atoms with Crippen molar-refractivity contribution in [2.75, 3.05) is 45.7 Å². The third-order valence-electron chi connectivity index (χ3n) is 3.81. The summed E-state index contributed by atoms with van der Waals surface area (Å²) in [6, 6.07) is 0. The summed E-state index contributed by atoms with van der Waals surface area (Å²) in [7, 11) is 6.23. The van der Waals surface area contributed by atoms with E-state index in [1.54, 1.807) is 0 Å². The molecule has 1 aromatic heterocycles. The summed E-state index contributed by atoms with van der Waals surface area (Å²) >= 11 is 0. The first-order valence-corrected chi connectivity index (χ1v) is 7.04. The summed E-state index contributed by atoms with van der Waals surface area (Å²) in [6.45, 7) is 4.27. The van der Waals surface area contributed by atoms with Gasteiger partial charge in [0.05, 0.1) is 18.1 Å². The van der Waals surface area contributed by atoms with Crippen LogP contribution in [0.2, 0.25) is 0 Å². The number of piperidine rings is 1. The molecule has 2 heterocycles. The van der Waals surface area contributed by atoms with Gasteiger partial charge in [-0.2, -0.15) is 0 Å². The van der Waals surface area contributed by atoms with Gasteiger partial charge in [0.25, 0.3) is 0 Å². The van der Waals surface area contributed by atoms with Crippen molar-refractivity contribution in [2.24, 2.45) is 5.92 Å². The van der Waals surface area contributed by atoms with Crippen LogP contribution in [0.25, 0.3) is 0 Å². The zero-order valence-electron chi connectivity index (χ0n) is 12.3. The van der Waals surface area contributed by atoms with E-state index in [4.69, 9.17) is 0 Å². The molecule has 5 heteroatoms. The van der Waals surface area contributed by atoms with Gasteiger partial charge in [0, 0.05) is 20.1 Å². The fourth-order valence-electron chi connectivity index (χ4n) is 2.54. The minimum atomic E-state index is 0.770. The zero-order valence-corrected chi connectivity index (χ0v) is 12.3. The maximum Gasteiger partial charge on any atom is 0.146 e. The minimum Gasteiger partial charge on any atom is -0.358 e. The Balaban J connectivity index is 1.86. The van der Waals surface area contributed by atoms with E-state index in [-0.39, 0.29) is 0 Å². The molecule has 0 aromatic carbocycles. The predicted molar refractivity (Wildman–Crippen MR) is 78.3 cm³/mol. The van der Waals surface area contributed by atoms with Crippen LogP contribution < -0.4 is 10.2 Å². The molecule has 0 bridgehead atoms. The Hall–Kier alpha value is -1.20. The van der Waals surface area contributed by atoms with Gasteiger partial charge in [-0.25, -0.2) is 4.98 Å². The molecule has 1 N–H and O–H groups in total. The number of nitrogens with one attached hydrogen (secondary N) is 1. The quantitative estimate of drug-likeness (QED) is 0.858. The molecule has 2 rings (SSSR count). The number of aromatic nitrogens is 2. The second kappa shape index (κ2) is 6.82. The molecule has 1 aliphatic heterocycles. The molecular weight excluding hydrogens is 238 g/mol. The van der Waals surface area contributed by atoms with E-state index in [1.165, 1.54) is 25.9 Å². The van der Waals surface area contributed by atoms with E-state index in [1.807, 2.05) is 19.4 Å². The van der Waals surface area contributed by atoms with Gasteiger partial charge in [-0.15, -0.1) is 0 Å². The number of nitrogens with zero attached hydrogens (tertiary/aromatic N) is 4. The summed E-state index contributed by atoms with van der Waals surface area (Å²) in [5.74, 6) is 1.75. The maximum atomic E-state index is 4.49. The number of rotatable bonds is 5. The Bertz CT molecular complexity index is 370. The highest BCUT2D eigenvalue weighted by atomic mass is 15.2. The van der Waals surface area contributed by atoms with Gasteiger partial charge in [0.2, 0.25) is 0 Å². The van der Waals surface area contributed by atoms with E-state index in [2.05, 4.69) is 39.2 Å². The fraction of sp³-hybridized carbons (Fsp3) is 0.714. The van der Waals surface area contributed by atoms with Crippen molar-refractivity contribution in [3.8, 4) is 0 Å². The standard InChI is InChI=1S/C14H25N5/c1-15-8-13-9-17-14(10-16-13)19(3)11-12-4-6-18(2)7-5-12/h9-10,12,15H,4-8,11H2,1-3H3. The highest BCUT2D eigenvalue weighted by molar-refractivity contribution is 5.34. The molecule has 1 aromatic rings. The first-order chi connectivity index (χ1) is 9.19. The van der Waals surface area contributed by atoms with Gasteiger partial charge >= 0.3 is 0 Å². The van der Waals surface area contributed by atoms with Crippen LogP contribution in [0.5, 0.6) is 0 Å². The summed E-state index contributed by atoms with van der Waals surface area (Å²) < 4.78 is 0. The molecule has 0 atom stereocenters. The minimum absolute atomic E-state index is 0.770. The van der Waals surface area contributed by atoms with E-state index < -0.39 is 0 Å². The van der Waals surface area contributed by atoms with Crippen molar-refractivity contribution < 1.29 is 0 Å². The molecule has 106 valence electrons. The SMILES string of the molecule is CNCc1cnc(N(C)CC2CCN(C)CC2)cn1. The Labute approximate surface area is 116 Å². The highest BCUT2D eigenvalue weighted by Gasteiger charge is 2.18. The largest absolute Gasteiger partial charge is 0.358 e. The molecule has 0 amide bonds. The number of hydrogen-bond acceptors (Lipinski definition) is 5. The fourth-order valence-corrected chi connectivity index (χ4v) is 2.54. The summed E-state index contributed by atoms with van der Waals surface area (Å²) in [6.07, 6.45) is 6.30. The second-order valence-electron chi connectivity index (χ2n) is 5.52. The van der Waals surface area contributed by atoms with Crippen molar-refractivity contribution in [3.05, 3.63) is 18.1 Å². The molecule has 0 saturated carbocycles. The van der Waals surface area contributed by atoms with Crippen molar-refractivity contribution in [3.63, 3.8) is 0 Å². The Morgan fingerprint density at radius 3 is 2.63 bits per heavy atom. The van der Waals surface area contributed by atoms with Crippen LogP contribution in [0.3, 0.4) is 0 Å². The lowest BCUT2D eigenvalue weighted by Gasteiger charge is -2.31. The Kier molecular flexibility index (Phi) is 5.10. The smallest absolute Gasteiger partial charge is 0.146 e.